The molecule has 11 nitrogen and oxygen atoms in total. The maximum absolute atomic E-state index is 13.2. The van der Waals surface area contributed by atoms with Gasteiger partial charge in [0.2, 0.25) is 5.91 Å². The number of allylic oxidation sites excluding steroid dienone is 4. The summed E-state index contributed by atoms with van der Waals surface area (Å²) in [7, 11) is 0. The number of ether oxygens (including phenoxy) is 3. The van der Waals surface area contributed by atoms with Crippen LogP contribution in [0.4, 0.5) is 0 Å². The van der Waals surface area contributed by atoms with Crippen molar-refractivity contribution in [1.82, 2.24) is 5.32 Å². The van der Waals surface area contributed by atoms with Crippen LogP contribution in [0.1, 0.15) is 220 Å². The average molecular weight is 894 g/mol. The molecule has 0 aliphatic carbocycles. The first-order valence-electron chi connectivity index (χ1n) is 25.8. The number of hydrogen-bond acceptors (Lipinski definition) is 10. The van der Waals surface area contributed by atoms with Gasteiger partial charge in [-0.3, -0.25) is 9.59 Å². The van der Waals surface area contributed by atoms with E-state index in [4.69, 9.17) is 14.2 Å². The summed E-state index contributed by atoms with van der Waals surface area (Å²) in [6.45, 7) is 5.69. The van der Waals surface area contributed by atoms with E-state index in [-0.39, 0.29) is 19.4 Å². The highest BCUT2D eigenvalue weighted by atomic mass is 16.7. The Morgan fingerprint density at radius 2 is 1.10 bits per heavy atom. The fourth-order valence-corrected chi connectivity index (χ4v) is 7.87. The van der Waals surface area contributed by atoms with E-state index in [0.717, 1.165) is 44.9 Å². The first-order chi connectivity index (χ1) is 30.7. The molecule has 11 heteroatoms. The highest BCUT2D eigenvalue weighted by Crippen LogP contribution is 2.26. The number of carbonyl (C=O) groups is 2. The van der Waals surface area contributed by atoms with Crippen molar-refractivity contribution in [2.24, 2.45) is 0 Å². The summed E-state index contributed by atoms with van der Waals surface area (Å²) < 4.78 is 17.4. The standard InChI is InChI=1S/C52H95NO10/c1-4-7-10-13-16-19-22-25-27-30-33-36-39-45(56)51(60)53-43(44(55)38-35-32-29-26-23-20-17-14-11-8-5-2)42-61-52-50(49(59)48(58)46(41-54)62-52)63-47(57)40-37-34-31-28-24-21-18-15-12-9-6-3/h25,27,33,35-36,38,43-46,48-50,52,54-56,58-59H,4-24,26,28-32,34,37,39-42H2,1-3H3,(H,53,60)/b27-25-,36-33+,38-35+. The molecule has 1 aliphatic rings. The molecular formula is C52H95NO10. The third-order valence-corrected chi connectivity index (χ3v) is 12.1. The molecule has 0 saturated carbocycles. The minimum Gasteiger partial charge on any atom is -0.454 e. The van der Waals surface area contributed by atoms with Crippen LogP contribution in [0.5, 0.6) is 0 Å². The largest absolute Gasteiger partial charge is 0.454 e. The Labute approximate surface area is 383 Å². The number of esters is 1. The molecule has 63 heavy (non-hydrogen) atoms. The molecular weight excluding hydrogens is 799 g/mol. The van der Waals surface area contributed by atoms with Gasteiger partial charge in [-0.15, -0.1) is 0 Å². The number of carbonyl (C=O) groups excluding carboxylic acids is 2. The second kappa shape index (κ2) is 41.3. The van der Waals surface area contributed by atoms with Crippen LogP contribution < -0.4 is 5.32 Å². The lowest BCUT2D eigenvalue weighted by Gasteiger charge is -2.41. The van der Waals surface area contributed by atoms with Crippen molar-refractivity contribution in [3.8, 4) is 0 Å². The number of amides is 1. The molecule has 0 aromatic rings. The molecule has 0 aromatic carbocycles. The van der Waals surface area contributed by atoms with E-state index in [1.807, 2.05) is 12.2 Å². The summed E-state index contributed by atoms with van der Waals surface area (Å²) in [5.74, 6) is -1.27. The van der Waals surface area contributed by atoms with Crippen molar-refractivity contribution < 1.29 is 49.3 Å². The average Bonchev–Trinajstić information content (AvgIpc) is 3.28. The molecule has 368 valence electrons. The third-order valence-electron chi connectivity index (χ3n) is 12.1. The number of aliphatic hydroxyl groups is 5. The van der Waals surface area contributed by atoms with Crippen molar-refractivity contribution in [3.05, 3.63) is 36.5 Å². The molecule has 1 fully saturated rings. The van der Waals surface area contributed by atoms with Gasteiger partial charge in [0, 0.05) is 12.8 Å². The molecule has 0 spiro atoms. The van der Waals surface area contributed by atoms with Gasteiger partial charge >= 0.3 is 5.97 Å². The molecule has 8 unspecified atom stereocenters. The molecule has 1 aliphatic heterocycles. The first-order valence-corrected chi connectivity index (χ1v) is 25.8. The summed E-state index contributed by atoms with van der Waals surface area (Å²) in [5.41, 5.74) is 0. The Morgan fingerprint density at radius 1 is 0.619 bits per heavy atom. The lowest BCUT2D eigenvalue weighted by atomic mass is 9.99. The number of nitrogens with one attached hydrogen (secondary N) is 1. The molecule has 1 amide bonds. The zero-order valence-corrected chi connectivity index (χ0v) is 40.2. The summed E-state index contributed by atoms with van der Waals surface area (Å²) in [6.07, 6.45) is 35.1. The van der Waals surface area contributed by atoms with Gasteiger partial charge in [-0.05, 0) is 38.5 Å². The van der Waals surface area contributed by atoms with E-state index in [2.05, 4.69) is 38.2 Å². The molecule has 0 aromatic heterocycles. The van der Waals surface area contributed by atoms with Gasteiger partial charge in [0.05, 0.1) is 25.4 Å². The maximum Gasteiger partial charge on any atom is 0.306 e. The van der Waals surface area contributed by atoms with Crippen molar-refractivity contribution in [2.75, 3.05) is 13.2 Å². The fraction of sp³-hybridized carbons (Fsp3) is 0.846. The minimum absolute atomic E-state index is 0.0837. The van der Waals surface area contributed by atoms with Gasteiger partial charge in [0.15, 0.2) is 12.4 Å². The van der Waals surface area contributed by atoms with Gasteiger partial charge < -0.3 is 45.1 Å². The van der Waals surface area contributed by atoms with Gasteiger partial charge in [-0.1, -0.05) is 205 Å². The second-order valence-corrected chi connectivity index (χ2v) is 17.9. The van der Waals surface area contributed by atoms with Gasteiger partial charge in [-0.2, -0.15) is 0 Å². The van der Waals surface area contributed by atoms with Crippen LogP contribution in [0.3, 0.4) is 0 Å². The van der Waals surface area contributed by atoms with Crippen molar-refractivity contribution in [1.29, 1.82) is 0 Å². The zero-order chi connectivity index (χ0) is 46.2. The Morgan fingerprint density at radius 3 is 1.62 bits per heavy atom. The quantitative estimate of drug-likeness (QED) is 0.0197. The van der Waals surface area contributed by atoms with Gasteiger partial charge in [0.1, 0.15) is 24.4 Å². The van der Waals surface area contributed by atoms with Crippen LogP contribution in [0.15, 0.2) is 36.5 Å². The van der Waals surface area contributed by atoms with E-state index in [1.165, 1.54) is 128 Å². The summed E-state index contributed by atoms with van der Waals surface area (Å²) >= 11 is 0. The van der Waals surface area contributed by atoms with E-state index in [1.54, 1.807) is 12.2 Å². The molecule has 1 saturated heterocycles. The Bertz CT molecular complexity index is 1160. The Hall–Kier alpha value is -2.12. The second-order valence-electron chi connectivity index (χ2n) is 17.9. The van der Waals surface area contributed by atoms with E-state index in [0.29, 0.717) is 12.8 Å². The van der Waals surface area contributed by atoms with E-state index in [9.17, 15) is 35.1 Å². The van der Waals surface area contributed by atoms with E-state index < -0.39 is 67.4 Å². The molecule has 8 atom stereocenters. The number of aliphatic hydroxyl groups excluding tert-OH is 5. The smallest absolute Gasteiger partial charge is 0.306 e. The van der Waals surface area contributed by atoms with Crippen LogP contribution in [0.25, 0.3) is 0 Å². The highest BCUT2D eigenvalue weighted by Gasteiger charge is 2.47. The summed E-state index contributed by atoms with van der Waals surface area (Å²) in [5, 5.41) is 56.3. The SMILES string of the molecule is CCCCCCCC/C=C\C/C=C/CC(O)C(=O)NC(COC1OC(CO)C(O)C(O)C1OC(=O)CCCCCCCCCCCCC)C(O)/C=C/CCCCCCCCCCC. The molecule has 6 N–H and O–H groups in total. The number of hydrogen-bond donors (Lipinski definition) is 6. The first kappa shape index (κ1) is 58.9. The maximum atomic E-state index is 13.2. The Kier molecular flexibility index (Phi) is 38.6. The van der Waals surface area contributed by atoms with Crippen molar-refractivity contribution in [3.63, 3.8) is 0 Å². The van der Waals surface area contributed by atoms with Crippen molar-refractivity contribution in [2.45, 2.75) is 269 Å². The van der Waals surface area contributed by atoms with Crippen LogP contribution in [0, 0.1) is 0 Å². The fourth-order valence-electron chi connectivity index (χ4n) is 7.87. The highest BCUT2D eigenvalue weighted by molar-refractivity contribution is 5.81. The summed E-state index contributed by atoms with van der Waals surface area (Å²) in [6, 6.07) is -1.05. The lowest BCUT2D eigenvalue weighted by Crippen LogP contribution is -2.61. The van der Waals surface area contributed by atoms with Crippen molar-refractivity contribution >= 4 is 11.9 Å². The summed E-state index contributed by atoms with van der Waals surface area (Å²) in [4.78, 5) is 26.2. The molecule has 0 bridgehead atoms. The number of unbranched alkanes of at least 4 members (excludes halogenated alkanes) is 25. The predicted molar refractivity (Wildman–Crippen MR) is 255 cm³/mol. The van der Waals surface area contributed by atoms with Crippen LogP contribution in [-0.4, -0.2) is 99.6 Å². The molecule has 0 radical (unpaired) electrons. The number of rotatable bonds is 42. The van der Waals surface area contributed by atoms with Crippen LogP contribution >= 0.6 is 0 Å². The minimum atomic E-state index is -1.62. The third kappa shape index (κ3) is 30.7. The monoisotopic (exact) mass is 894 g/mol. The van der Waals surface area contributed by atoms with Crippen LogP contribution in [-0.2, 0) is 23.8 Å². The van der Waals surface area contributed by atoms with Gasteiger partial charge in [0.25, 0.3) is 0 Å². The van der Waals surface area contributed by atoms with Gasteiger partial charge in [-0.25, -0.2) is 0 Å². The lowest BCUT2D eigenvalue weighted by molar-refractivity contribution is -0.305. The topological polar surface area (TPSA) is 175 Å². The van der Waals surface area contributed by atoms with Crippen LogP contribution in [0.2, 0.25) is 0 Å². The molecule has 1 heterocycles. The Balaban J connectivity index is 2.83. The normalized spacial score (nSPS) is 20.8. The predicted octanol–water partition coefficient (Wildman–Crippen LogP) is 10.4. The molecule has 1 rings (SSSR count). The van der Waals surface area contributed by atoms with E-state index >= 15 is 0 Å². The zero-order valence-electron chi connectivity index (χ0n) is 40.2.